The lowest BCUT2D eigenvalue weighted by Gasteiger charge is -2.37. The van der Waals surface area contributed by atoms with Crippen molar-refractivity contribution in [3.8, 4) is 12.1 Å². The largest absolute Gasteiger partial charge is 0.461 e. The molecule has 0 aliphatic carbocycles. The maximum absolute atomic E-state index is 9.26. The first-order valence-electron chi connectivity index (χ1n) is 13.5. The van der Waals surface area contributed by atoms with Gasteiger partial charge in [-0.15, -0.1) is 0 Å². The zero-order valence-corrected chi connectivity index (χ0v) is 21.5. The Morgan fingerprint density at radius 1 is 1.11 bits per heavy atom. The third kappa shape index (κ3) is 4.94. The minimum atomic E-state index is -0.0403. The fraction of sp³-hybridized carbons (Fsp3) is 0.483. The van der Waals surface area contributed by atoms with E-state index in [0.29, 0.717) is 19.0 Å². The molecule has 1 unspecified atom stereocenters. The summed E-state index contributed by atoms with van der Waals surface area (Å²) in [7, 11) is 0. The summed E-state index contributed by atoms with van der Waals surface area (Å²) in [5.41, 5.74) is 3.46. The van der Waals surface area contributed by atoms with Gasteiger partial charge >= 0.3 is 6.01 Å². The Labute approximate surface area is 218 Å². The van der Waals surface area contributed by atoms with Crippen molar-refractivity contribution < 1.29 is 4.74 Å². The lowest BCUT2D eigenvalue weighted by Crippen LogP contribution is -2.51. The highest BCUT2D eigenvalue weighted by Crippen LogP contribution is 2.34. The molecule has 2 N–H and O–H groups in total. The number of hydrogen-bond donors (Lipinski definition) is 2. The molecule has 0 radical (unpaired) electrons. The van der Waals surface area contributed by atoms with E-state index in [1.165, 1.54) is 22.0 Å². The van der Waals surface area contributed by atoms with Crippen LogP contribution in [-0.2, 0) is 13.0 Å². The summed E-state index contributed by atoms with van der Waals surface area (Å²) in [6, 6.07) is 18.0. The van der Waals surface area contributed by atoms with Crippen LogP contribution in [0.2, 0.25) is 0 Å². The zero-order chi connectivity index (χ0) is 25.2. The van der Waals surface area contributed by atoms with Crippen molar-refractivity contribution in [2.75, 3.05) is 49.1 Å². The summed E-state index contributed by atoms with van der Waals surface area (Å²) < 4.78 is 6.28. The number of nitriles is 1. The summed E-state index contributed by atoms with van der Waals surface area (Å²) in [5, 5.41) is 18.8. The van der Waals surface area contributed by atoms with Crippen molar-refractivity contribution in [1.82, 2.24) is 20.6 Å². The first-order valence-corrected chi connectivity index (χ1v) is 13.5. The molecule has 2 aromatic carbocycles. The van der Waals surface area contributed by atoms with Gasteiger partial charge in [-0.2, -0.15) is 15.2 Å². The van der Waals surface area contributed by atoms with E-state index in [2.05, 4.69) is 75.9 Å². The summed E-state index contributed by atoms with van der Waals surface area (Å²) >= 11 is 0. The lowest BCUT2D eigenvalue weighted by molar-refractivity contribution is 0.198. The van der Waals surface area contributed by atoms with Crippen molar-refractivity contribution >= 4 is 22.3 Å². The van der Waals surface area contributed by atoms with Gasteiger partial charge in [-0.3, -0.25) is 0 Å². The van der Waals surface area contributed by atoms with Crippen molar-refractivity contribution in [3.63, 3.8) is 0 Å². The molecule has 2 fully saturated rings. The van der Waals surface area contributed by atoms with Crippen molar-refractivity contribution in [1.29, 1.82) is 5.26 Å². The van der Waals surface area contributed by atoms with Crippen LogP contribution < -0.4 is 25.2 Å². The molecule has 0 bridgehead atoms. The Bertz CT molecular complexity index is 1310. The minimum absolute atomic E-state index is 0.0403. The molecule has 8 heteroatoms. The van der Waals surface area contributed by atoms with Gasteiger partial charge in [0.1, 0.15) is 12.4 Å². The van der Waals surface area contributed by atoms with Crippen molar-refractivity contribution in [2.45, 2.75) is 50.7 Å². The number of nitrogens with one attached hydrogen (secondary N) is 2. The molecule has 0 saturated carbocycles. The highest BCUT2D eigenvalue weighted by Gasteiger charge is 2.31. The third-order valence-corrected chi connectivity index (χ3v) is 8.00. The van der Waals surface area contributed by atoms with E-state index in [1.807, 2.05) is 0 Å². The average Bonchev–Trinajstić information content (AvgIpc) is 3.38. The summed E-state index contributed by atoms with van der Waals surface area (Å²) in [6.07, 6.45) is 3.62. The number of aromatic nitrogens is 2. The minimum Gasteiger partial charge on any atom is -0.461 e. The van der Waals surface area contributed by atoms with E-state index < -0.39 is 0 Å². The topological polar surface area (TPSA) is 89.3 Å². The molecular formula is C29H35N7O. The average molecular weight is 498 g/mol. The zero-order valence-electron chi connectivity index (χ0n) is 21.5. The second-order valence-electron chi connectivity index (χ2n) is 10.8. The Morgan fingerprint density at radius 2 is 2.00 bits per heavy atom. The molecule has 3 aromatic rings. The maximum Gasteiger partial charge on any atom is 0.318 e. The molecule has 192 valence electrons. The third-order valence-electron chi connectivity index (χ3n) is 8.00. The Hall–Kier alpha value is -3.41. The number of benzene rings is 2. The molecule has 0 amide bonds. The van der Waals surface area contributed by atoms with E-state index in [1.54, 1.807) is 0 Å². The Balaban J connectivity index is 1.33. The van der Waals surface area contributed by atoms with Crippen molar-refractivity contribution in [2.24, 2.45) is 0 Å². The van der Waals surface area contributed by atoms with Gasteiger partial charge in [0.2, 0.25) is 0 Å². The normalized spacial score (nSPS) is 23.6. The fourth-order valence-corrected chi connectivity index (χ4v) is 5.97. The number of fused-ring (bicyclic) bond motifs is 2. The predicted molar refractivity (Wildman–Crippen MR) is 146 cm³/mol. The molecule has 2 atom stereocenters. The van der Waals surface area contributed by atoms with Crippen LogP contribution in [0.25, 0.3) is 10.8 Å². The molecule has 6 rings (SSSR count). The van der Waals surface area contributed by atoms with E-state index >= 15 is 0 Å². The molecular weight excluding hydrogens is 462 g/mol. The van der Waals surface area contributed by atoms with Crippen LogP contribution in [0.3, 0.4) is 0 Å². The summed E-state index contributed by atoms with van der Waals surface area (Å²) in [4.78, 5) is 14.7. The number of rotatable bonds is 6. The second-order valence-corrected chi connectivity index (χ2v) is 10.8. The van der Waals surface area contributed by atoms with Crippen LogP contribution in [0.4, 0.5) is 11.5 Å². The molecule has 8 nitrogen and oxygen atoms in total. The van der Waals surface area contributed by atoms with Gasteiger partial charge in [-0.05, 0) is 44.2 Å². The van der Waals surface area contributed by atoms with Crippen LogP contribution in [-0.4, -0.2) is 60.9 Å². The quantitative estimate of drug-likeness (QED) is 0.536. The van der Waals surface area contributed by atoms with Gasteiger partial charge in [0.25, 0.3) is 0 Å². The van der Waals surface area contributed by atoms with Crippen LogP contribution >= 0.6 is 0 Å². The van der Waals surface area contributed by atoms with E-state index in [0.717, 1.165) is 70.0 Å². The molecule has 0 spiro atoms. The van der Waals surface area contributed by atoms with Crippen LogP contribution in [0.15, 0.2) is 42.5 Å². The lowest BCUT2D eigenvalue weighted by atomic mass is 10.0. The molecule has 1 aromatic heterocycles. The molecule has 37 heavy (non-hydrogen) atoms. The highest BCUT2D eigenvalue weighted by atomic mass is 16.5. The smallest absolute Gasteiger partial charge is 0.318 e. The number of anilines is 2. The second kappa shape index (κ2) is 10.2. The summed E-state index contributed by atoms with van der Waals surface area (Å²) in [5.74, 6) is 0.978. The summed E-state index contributed by atoms with van der Waals surface area (Å²) in [6.45, 7) is 7.88. The Morgan fingerprint density at radius 3 is 2.86 bits per heavy atom. The van der Waals surface area contributed by atoms with E-state index in [4.69, 9.17) is 14.7 Å². The predicted octanol–water partition coefficient (Wildman–Crippen LogP) is 3.41. The van der Waals surface area contributed by atoms with Gasteiger partial charge in [-0.1, -0.05) is 36.4 Å². The van der Waals surface area contributed by atoms with Crippen LogP contribution in [0.5, 0.6) is 6.01 Å². The van der Waals surface area contributed by atoms with Gasteiger partial charge in [0.05, 0.1) is 24.7 Å². The highest BCUT2D eigenvalue weighted by molar-refractivity contribution is 5.94. The maximum atomic E-state index is 9.26. The molecule has 3 aliphatic heterocycles. The first kappa shape index (κ1) is 24.0. The van der Waals surface area contributed by atoms with Gasteiger partial charge in [-0.25, -0.2) is 0 Å². The van der Waals surface area contributed by atoms with Gasteiger partial charge < -0.3 is 25.2 Å². The monoisotopic (exact) mass is 497 g/mol. The number of hydrogen-bond acceptors (Lipinski definition) is 8. The van der Waals surface area contributed by atoms with E-state index in [-0.39, 0.29) is 11.6 Å². The molecule has 4 heterocycles. The number of ether oxygens (including phenoxy) is 1. The van der Waals surface area contributed by atoms with Crippen LogP contribution in [0, 0.1) is 11.3 Å². The van der Waals surface area contributed by atoms with Crippen molar-refractivity contribution in [3.05, 3.63) is 53.7 Å². The standard InChI is InChI=1S/C29H35N7O/c1-29(12-5-14-32-29)20-37-28-33-25-19-35(26-9-4-7-21-6-2-3-8-23(21)26)16-11-24(25)27(34-28)36-17-15-31-22(18-36)10-13-30/h2-4,6-9,22,31-32H,5,10-12,14-20H2,1H3/t22?,29-/m1/s1. The fourth-order valence-electron chi connectivity index (χ4n) is 5.97. The molecule has 2 saturated heterocycles. The SMILES string of the molecule is C[C@]1(COc2nc3c(c(N4CCNC(CC#N)C4)n2)CCN(c2cccc4ccccc24)C3)CCCN1. The van der Waals surface area contributed by atoms with Gasteiger partial charge in [0, 0.05) is 54.4 Å². The van der Waals surface area contributed by atoms with E-state index in [9.17, 15) is 5.26 Å². The Kier molecular flexibility index (Phi) is 6.58. The van der Waals surface area contributed by atoms with Crippen LogP contribution in [0.1, 0.15) is 37.4 Å². The first-order chi connectivity index (χ1) is 18.1. The van der Waals surface area contributed by atoms with Gasteiger partial charge in [0.15, 0.2) is 0 Å². The number of nitrogens with zero attached hydrogens (tertiary/aromatic N) is 5. The molecule has 3 aliphatic rings. The number of piperazine rings is 1.